The van der Waals surface area contributed by atoms with Crippen LogP contribution in [0.15, 0.2) is 0 Å². The largest absolute Gasteiger partial charge is 0.396 e. The second-order valence-electron chi connectivity index (χ2n) is 2.99. The molecule has 0 fully saturated rings. The first kappa shape index (κ1) is 10.0. The molecule has 0 unspecified atom stereocenters. The van der Waals surface area contributed by atoms with Gasteiger partial charge in [0.05, 0.1) is 17.1 Å². The number of hydrogen-bond donors (Lipinski definition) is 2. The van der Waals surface area contributed by atoms with Crippen molar-refractivity contribution in [2.45, 2.75) is 26.4 Å². The second-order valence-corrected chi connectivity index (χ2v) is 2.99. The quantitative estimate of drug-likeness (QED) is 0.661. The van der Waals surface area contributed by atoms with Crippen LogP contribution in [0.4, 0.5) is 5.69 Å². The summed E-state index contributed by atoms with van der Waals surface area (Å²) in [7, 11) is 1.84. The van der Waals surface area contributed by atoms with Crippen molar-refractivity contribution in [2.75, 3.05) is 5.73 Å². The highest BCUT2D eigenvalue weighted by molar-refractivity contribution is 5.48. The minimum Gasteiger partial charge on any atom is -0.396 e. The minimum atomic E-state index is 0.305. The number of nitrogens with two attached hydrogens (primary N) is 2. The van der Waals surface area contributed by atoms with E-state index in [-0.39, 0.29) is 0 Å². The molecule has 13 heavy (non-hydrogen) atoms. The average molecular weight is 184 g/mol. The van der Waals surface area contributed by atoms with Crippen molar-refractivity contribution in [3.8, 4) is 0 Å². The molecule has 0 aliphatic carbocycles. The van der Waals surface area contributed by atoms with Gasteiger partial charge >= 0.3 is 0 Å². The Labute approximate surface area is 77.6 Å². The topological polar surface area (TPSA) is 79.1 Å². The average Bonchev–Trinajstić information content (AvgIpc) is 2.34. The summed E-state index contributed by atoms with van der Waals surface area (Å²) in [4.78, 5) is 4.54. The summed E-state index contributed by atoms with van der Waals surface area (Å²) in [5.41, 5.74) is 8.33. The molecular formula is C8H16N4O. The van der Waals surface area contributed by atoms with E-state index in [1.165, 1.54) is 0 Å². The smallest absolute Gasteiger partial charge is 0.112 e. The fraction of sp³-hybridized carbons (Fsp3) is 0.625. The van der Waals surface area contributed by atoms with E-state index in [0.717, 1.165) is 24.2 Å². The first-order valence-electron chi connectivity index (χ1n) is 4.32. The van der Waals surface area contributed by atoms with E-state index in [2.05, 4.69) is 16.9 Å². The summed E-state index contributed by atoms with van der Waals surface area (Å²) in [6, 6.07) is 0. The molecule has 0 saturated carbocycles. The van der Waals surface area contributed by atoms with Crippen LogP contribution < -0.4 is 11.6 Å². The SMILES string of the molecule is CCCc1nn(C)c(CON)c1N. The molecule has 1 aromatic rings. The molecule has 1 heterocycles. The second kappa shape index (κ2) is 4.25. The third-order valence-electron chi connectivity index (χ3n) is 1.99. The fourth-order valence-corrected chi connectivity index (χ4v) is 1.31. The number of rotatable bonds is 4. The van der Waals surface area contributed by atoms with E-state index in [1.54, 1.807) is 4.68 Å². The maximum absolute atomic E-state index is 5.86. The Hall–Kier alpha value is -1.07. The molecule has 5 heteroatoms. The van der Waals surface area contributed by atoms with Crippen molar-refractivity contribution < 1.29 is 4.84 Å². The molecule has 1 rings (SSSR count). The molecule has 0 aromatic carbocycles. The van der Waals surface area contributed by atoms with Gasteiger partial charge in [-0.3, -0.25) is 9.52 Å². The van der Waals surface area contributed by atoms with Gasteiger partial charge in [-0.2, -0.15) is 5.10 Å². The first-order chi connectivity index (χ1) is 6.20. The van der Waals surface area contributed by atoms with Crippen LogP contribution in [0.5, 0.6) is 0 Å². The molecule has 0 aliphatic rings. The molecule has 1 aromatic heterocycles. The molecule has 0 aliphatic heterocycles. The monoisotopic (exact) mass is 184 g/mol. The van der Waals surface area contributed by atoms with Gasteiger partial charge in [0, 0.05) is 7.05 Å². The Balaban J connectivity index is 2.92. The molecule has 0 bridgehead atoms. The van der Waals surface area contributed by atoms with Gasteiger partial charge < -0.3 is 5.73 Å². The van der Waals surface area contributed by atoms with Crippen molar-refractivity contribution in [1.82, 2.24) is 9.78 Å². The molecule has 5 nitrogen and oxygen atoms in total. The zero-order valence-corrected chi connectivity index (χ0v) is 8.08. The van der Waals surface area contributed by atoms with Crippen LogP contribution in [0, 0.1) is 0 Å². The zero-order valence-electron chi connectivity index (χ0n) is 8.08. The van der Waals surface area contributed by atoms with Gasteiger partial charge in [0.1, 0.15) is 6.61 Å². The molecule has 0 saturated heterocycles. The highest BCUT2D eigenvalue weighted by Gasteiger charge is 2.11. The van der Waals surface area contributed by atoms with Crippen LogP contribution in [0.2, 0.25) is 0 Å². The van der Waals surface area contributed by atoms with Gasteiger partial charge in [-0.1, -0.05) is 13.3 Å². The molecule has 0 spiro atoms. The summed E-state index contributed by atoms with van der Waals surface area (Å²) in [6.07, 6.45) is 1.92. The van der Waals surface area contributed by atoms with Crippen LogP contribution in [0.1, 0.15) is 24.7 Å². The Morgan fingerprint density at radius 3 is 2.77 bits per heavy atom. The Bertz CT molecular complexity index is 282. The highest BCUT2D eigenvalue weighted by atomic mass is 16.6. The number of anilines is 1. The minimum absolute atomic E-state index is 0.305. The van der Waals surface area contributed by atoms with E-state index in [9.17, 15) is 0 Å². The lowest BCUT2D eigenvalue weighted by molar-refractivity contribution is 0.119. The predicted octanol–water partition coefficient (Wildman–Crippen LogP) is 0.345. The molecule has 0 amide bonds. The number of aromatic nitrogens is 2. The summed E-state index contributed by atoms with van der Waals surface area (Å²) in [5.74, 6) is 4.98. The Morgan fingerprint density at radius 2 is 2.23 bits per heavy atom. The van der Waals surface area contributed by atoms with E-state index in [4.69, 9.17) is 11.6 Å². The van der Waals surface area contributed by atoms with Crippen molar-refractivity contribution in [3.63, 3.8) is 0 Å². The van der Waals surface area contributed by atoms with Crippen molar-refractivity contribution in [1.29, 1.82) is 0 Å². The lowest BCUT2D eigenvalue weighted by atomic mass is 10.2. The molecule has 4 N–H and O–H groups in total. The van der Waals surface area contributed by atoms with E-state index >= 15 is 0 Å². The fourth-order valence-electron chi connectivity index (χ4n) is 1.31. The van der Waals surface area contributed by atoms with Gasteiger partial charge in [-0.05, 0) is 6.42 Å². The van der Waals surface area contributed by atoms with Crippen LogP contribution in [0.3, 0.4) is 0 Å². The molecule has 0 atom stereocenters. The van der Waals surface area contributed by atoms with Crippen LogP contribution in [0.25, 0.3) is 0 Å². The normalized spacial score (nSPS) is 10.7. The standard InChI is InChI=1S/C8H16N4O/c1-3-4-6-8(9)7(5-13-10)12(2)11-6/h3-5,9-10H2,1-2H3. The summed E-state index contributed by atoms with van der Waals surface area (Å²) < 4.78 is 1.72. The summed E-state index contributed by atoms with van der Waals surface area (Å²) >= 11 is 0. The van der Waals surface area contributed by atoms with E-state index in [1.807, 2.05) is 7.05 Å². The van der Waals surface area contributed by atoms with Crippen molar-refractivity contribution in [2.24, 2.45) is 12.9 Å². The zero-order chi connectivity index (χ0) is 9.84. The number of nitrogens with zero attached hydrogens (tertiary/aromatic N) is 2. The third-order valence-corrected chi connectivity index (χ3v) is 1.99. The van der Waals surface area contributed by atoms with Gasteiger partial charge in [-0.15, -0.1) is 0 Å². The van der Waals surface area contributed by atoms with Gasteiger partial charge in [0.15, 0.2) is 0 Å². The van der Waals surface area contributed by atoms with Crippen LogP contribution in [-0.2, 0) is 24.9 Å². The molecule has 0 radical (unpaired) electrons. The van der Waals surface area contributed by atoms with Gasteiger partial charge in [0.25, 0.3) is 0 Å². The first-order valence-corrected chi connectivity index (χ1v) is 4.32. The summed E-state index contributed by atoms with van der Waals surface area (Å²) in [6.45, 7) is 2.40. The third kappa shape index (κ3) is 1.99. The Kier molecular flexibility index (Phi) is 3.27. The number of nitrogen functional groups attached to an aromatic ring is 1. The maximum atomic E-state index is 5.86. The van der Waals surface area contributed by atoms with Crippen molar-refractivity contribution in [3.05, 3.63) is 11.4 Å². The maximum Gasteiger partial charge on any atom is 0.112 e. The molecular weight excluding hydrogens is 168 g/mol. The predicted molar refractivity (Wildman–Crippen MR) is 50.6 cm³/mol. The lowest BCUT2D eigenvalue weighted by Gasteiger charge is -1.99. The van der Waals surface area contributed by atoms with Crippen molar-refractivity contribution >= 4 is 5.69 Å². The highest BCUT2D eigenvalue weighted by Crippen LogP contribution is 2.17. The Morgan fingerprint density at radius 1 is 1.54 bits per heavy atom. The van der Waals surface area contributed by atoms with E-state index < -0.39 is 0 Å². The summed E-state index contributed by atoms with van der Waals surface area (Å²) in [5, 5.41) is 4.27. The van der Waals surface area contributed by atoms with Crippen LogP contribution >= 0.6 is 0 Å². The number of aryl methyl sites for hydroxylation is 2. The van der Waals surface area contributed by atoms with Gasteiger partial charge in [-0.25, -0.2) is 5.90 Å². The van der Waals surface area contributed by atoms with Gasteiger partial charge in [0.2, 0.25) is 0 Å². The van der Waals surface area contributed by atoms with Crippen LogP contribution in [-0.4, -0.2) is 9.78 Å². The number of hydrogen-bond acceptors (Lipinski definition) is 4. The van der Waals surface area contributed by atoms with E-state index in [0.29, 0.717) is 12.3 Å². The lowest BCUT2D eigenvalue weighted by Crippen LogP contribution is -2.06. The molecule has 74 valence electrons.